The first-order chi connectivity index (χ1) is 7.09. The first kappa shape index (κ1) is 12.4. The fourth-order valence-corrected chi connectivity index (χ4v) is 1.49. The molecule has 1 aliphatic heterocycles. The Morgan fingerprint density at radius 3 is 2.67 bits per heavy atom. The highest BCUT2D eigenvalue weighted by Crippen LogP contribution is 1.92. The van der Waals surface area contributed by atoms with Crippen LogP contribution in [0.2, 0.25) is 0 Å². The maximum absolute atomic E-state index is 11.7. The molecular weight excluding hydrogens is 192 g/mol. The second kappa shape index (κ2) is 6.05. The quantitative estimate of drug-likeness (QED) is 0.539. The molecule has 2 unspecified atom stereocenters. The summed E-state index contributed by atoms with van der Waals surface area (Å²) < 4.78 is 0. The van der Waals surface area contributed by atoms with Gasteiger partial charge in [-0.15, -0.1) is 0 Å². The zero-order valence-corrected chi connectivity index (χ0v) is 9.84. The minimum absolute atomic E-state index is 0.0802. The monoisotopic (exact) mass is 214 g/mol. The van der Waals surface area contributed by atoms with Crippen LogP contribution in [0.1, 0.15) is 6.92 Å². The average Bonchev–Trinajstić information content (AvgIpc) is 2.18. The maximum Gasteiger partial charge on any atom is 0.238 e. The molecule has 2 atom stereocenters. The van der Waals surface area contributed by atoms with E-state index in [0.717, 1.165) is 19.6 Å². The van der Waals surface area contributed by atoms with Crippen molar-refractivity contribution in [3.05, 3.63) is 0 Å². The zero-order valence-electron chi connectivity index (χ0n) is 9.84. The molecule has 0 aromatic rings. The average molecular weight is 214 g/mol. The largest absolute Gasteiger partial charge is 0.353 e. The molecule has 0 saturated carbocycles. The molecule has 3 N–H and O–H groups in total. The number of hydrogen-bond acceptors (Lipinski definition) is 4. The van der Waals surface area contributed by atoms with Crippen molar-refractivity contribution in [2.24, 2.45) is 0 Å². The van der Waals surface area contributed by atoms with Crippen LogP contribution in [0.5, 0.6) is 0 Å². The zero-order chi connectivity index (χ0) is 11.3. The summed E-state index contributed by atoms with van der Waals surface area (Å²) in [4.78, 5) is 13.7. The lowest BCUT2D eigenvalue weighted by molar-refractivity contribution is -0.123. The Labute approximate surface area is 91.6 Å². The number of carbonyl (C=O) groups excluding carboxylic acids is 1. The van der Waals surface area contributed by atoms with E-state index < -0.39 is 0 Å². The number of nitrogens with zero attached hydrogens (tertiary/aromatic N) is 1. The van der Waals surface area contributed by atoms with E-state index in [0.29, 0.717) is 12.6 Å². The van der Waals surface area contributed by atoms with E-state index in [1.54, 1.807) is 0 Å². The molecule has 0 aromatic heterocycles. The normalized spacial score (nSPS) is 26.7. The molecule has 1 saturated heterocycles. The number of carbonyl (C=O) groups is 1. The van der Waals surface area contributed by atoms with Crippen LogP contribution in [-0.2, 0) is 4.79 Å². The molecule has 0 aliphatic carbocycles. The molecule has 5 nitrogen and oxygen atoms in total. The predicted molar refractivity (Wildman–Crippen MR) is 60.8 cm³/mol. The van der Waals surface area contributed by atoms with Crippen LogP contribution in [0.25, 0.3) is 0 Å². The summed E-state index contributed by atoms with van der Waals surface area (Å²) >= 11 is 0. The van der Waals surface area contributed by atoms with Crippen LogP contribution in [0, 0.1) is 0 Å². The summed E-state index contributed by atoms with van der Waals surface area (Å²) in [6, 6.07) is 0.374. The van der Waals surface area contributed by atoms with Gasteiger partial charge in [-0.25, -0.2) is 0 Å². The third kappa shape index (κ3) is 4.59. The van der Waals surface area contributed by atoms with Gasteiger partial charge in [-0.1, -0.05) is 0 Å². The van der Waals surface area contributed by atoms with Crippen molar-refractivity contribution in [2.45, 2.75) is 19.0 Å². The lowest BCUT2D eigenvalue weighted by Gasteiger charge is -2.28. The maximum atomic E-state index is 11.7. The van der Waals surface area contributed by atoms with E-state index in [2.05, 4.69) is 27.8 Å². The number of piperazine rings is 1. The second-order valence-corrected chi connectivity index (χ2v) is 4.36. The van der Waals surface area contributed by atoms with E-state index >= 15 is 0 Å². The van der Waals surface area contributed by atoms with E-state index in [1.165, 1.54) is 0 Å². The molecule has 88 valence electrons. The smallest absolute Gasteiger partial charge is 0.238 e. The summed E-state index contributed by atoms with van der Waals surface area (Å²) in [7, 11) is 3.99. The van der Waals surface area contributed by atoms with Gasteiger partial charge in [0, 0.05) is 32.2 Å². The Balaban J connectivity index is 2.17. The fraction of sp³-hybridized carbons (Fsp3) is 0.900. The van der Waals surface area contributed by atoms with Gasteiger partial charge in [0.05, 0.1) is 6.04 Å². The topological polar surface area (TPSA) is 56.4 Å². The Bertz CT molecular complexity index is 200. The number of rotatable bonds is 4. The molecule has 1 aliphatic rings. The van der Waals surface area contributed by atoms with Gasteiger partial charge in [0.25, 0.3) is 0 Å². The second-order valence-electron chi connectivity index (χ2n) is 4.36. The summed E-state index contributed by atoms with van der Waals surface area (Å²) in [6.07, 6.45) is 0. The van der Waals surface area contributed by atoms with Crippen molar-refractivity contribution in [1.29, 1.82) is 0 Å². The van der Waals surface area contributed by atoms with Crippen LogP contribution in [-0.4, -0.2) is 63.2 Å². The van der Waals surface area contributed by atoms with Crippen LogP contribution < -0.4 is 16.0 Å². The van der Waals surface area contributed by atoms with Crippen LogP contribution >= 0.6 is 0 Å². The summed E-state index contributed by atoms with van der Waals surface area (Å²) in [5.74, 6) is 0.0938. The first-order valence-corrected chi connectivity index (χ1v) is 5.49. The number of likely N-dealkylation sites (N-methyl/N-ethyl adjacent to an activating group) is 1. The van der Waals surface area contributed by atoms with Gasteiger partial charge >= 0.3 is 0 Å². The van der Waals surface area contributed by atoms with E-state index in [4.69, 9.17) is 0 Å². The molecule has 1 heterocycles. The van der Waals surface area contributed by atoms with Gasteiger partial charge in [-0.2, -0.15) is 0 Å². The number of hydrogen-bond donors (Lipinski definition) is 3. The Hall–Kier alpha value is -0.650. The summed E-state index contributed by atoms with van der Waals surface area (Å²) in [5.41, 5.74) is 0. The minimum atomic E-state index is -0.0802. The van der Waals surface area contributed by atoms with Crippen molar-refractivity contribution in [3.8, 4) is 0 Å². The molecule has 5 heteroatoms. The molecule has 0 radical (unpaired) electrons. The lowest BCUT2D eigenvalue weighted by atomic mass is 10.1. The van der Waals surface area contributed by atoms with E-state index in [9.17, 15) is 4.79 Å². The van der Waals surface area contributed by atoms with Gasteiger partial charge in [0.2, 0.25) is 5.91 Å². The van der Waals surface area contributed by atoms with Crippen molar-refractivity contribution in [2.75, 3.05) is 40.3 Å². The van der Waals surface area contributed by atoms with Crippen LogP contribution in [0.15, 0.2) is 0 Å². The van der Waals surface area contributed by atoms with Gasteiger partial charge in [-0.3, -0.25) is 4.79 Å². The van der Waals surface area contributed by atoms with Crippen LogP contribution in [0.4, 0.5) is 0 Å². The Morgan fingerprint density at radius 1 is 1.40 bits per heavy atom. The third-order valence-electron chi connectivity index (χ3n) is 2.52. The Morgan fingerprint density at radius 2 is 2.13 bits per heavy atom. The molecule has 0 bridgehead atoms. The van der Waals surface area contributed by atoms with Gasteiger partial charge in [0.1, 0.15) is 0 Å². The standard InChI is InChI=1S/C10H22N4O/c1-8-6-13-9(7-12-8)10(15)11-4-5-14(2)3/h8-9,12-13H,4-7H2,1-3H3,(H,11,15). The molecule has 15 heavy (non-hydrogen) atoms. The first-order valence-electron chi connectivity index (χ1n) is 5.49. The highest BCUT2D eigenvalue weighted by atomic mass is 16.2. The molecular formula is C10H22N4O. The van der Waals surface area contributed by atoms with Crippen molar-refractivity contribution >= 4 is 5.91 Å². The van der Waals surface area contributed by atoms with Crippen molar-refractivity contribution in [3.63, 3.8) is 0 Å². The lowest BCUT2D eigenvalue weighted by Crippen LogP contribution is -2.59. The highest BCUT2D eigenvalue weighted by Gasteiger charge is 2.22. The fourth-order valence-electron chi connectivity index (χ4n) is 1.49. The number of nitrogens with one attached hydrogen (secondary N) is 3. The number of amides is 1. The molecule has 1 amide bonds. The summed E-state index contributed by atoms with van der Waals surface area (Å²) in [5, 5.41) is 9.41. The van der Waals surface area contributed by atoms with Gasteiger partial charge in [0.15, 0.2) is 0 Å². The van der Waals surface area contributed by atoms with Gasteiger partial charge < -0.3 is 20.9 Å². The molecule has 0 spiro atoms. The third-order valence-corrected chi connectivity index (χ3v) is 2.52. The van der Waals surface area contributed by atoms with Gasteiger partial charge in [-0.05, 0) is 21.0 Å². The SMILES string of the molecule is CC1CNC(C(=O)NCCN(C)C)CN1. The predicted octanol–water partition coefficient (Wildman–Crippen LogP) is -1.39. The Kier molecular flexibility index (Phi) is 5.01. The molecule has 1 rings (SSSR count). The summed E-state index contributed by atoms with van der Waals surface area (Å²) in [6.45, 7) is 5.26. The van der Waals surface area contributed by atoms with E-state index in [1.807, 2.05) is 14.1 Å². The molecule has 1 fully saturated rings. The highest BCUT2D eigenvalue weighted by molar-refractivity contribution is 5.82. The van der Waals surface area contributed by atoms with Crippen molar-refractivity contribution in [1.82, 2.24) is 20.9 Å². The van der Waals surface area contributed by atoms with Crippen molar-refractivity contribution < 1.29 is 4.79 Å². The van der Waals surface area contributed by atoms with E-state index in [-0.39, 0.29) is 11.9 Å². The van der Waals surface area contributed by atoms with Crippen LogP contribution in [0.3, 0.4) is 0 Å². The molecule has 0 aromatic carbocycles. The minimum Gasteiger partial charge on any atom is -0.353 e.